The summed E-state index contributed by atoms with van der Waals surface area (Å²) in [7, 11) is 0. The summed E-state index contributed by atoms with van der Waals surface area (Å²) in [6.07, 6.45) is -4.04. The lowest BCUT2D eigenvalue weighted by molar-refractivity contribution is -0.138. The predicted octanol–water partition coefficient (Wildman–Crippen LogP) is 3.37. The number of aromatic nitrogens is 2. The van der Waals surface area contributed by atoms with E-state index in [9.17, 15) is 18.0 Å². The number of amides is 2. The van der Waals surface area contributed by atoms with Crippen LogP contribution in [0.25, 0.3) is 0 Å². The molecular weight excluding hydrogens is 341 g/mol. The average Bonchev–Trinajstić information content (AvgIpc) is 3.02. The minimum Gasteiger partial charge on any atom is -0.493 e. The maximum atomic E-state index is 13.1. The molecule has 136 valence electrons. The number of anilines is 1. The zero-order valence-electron chi connectivity index (χ0n) is 13.6. The summed E-state index contributed by atoms with van der Waals surface area (Å²) in [4.78, 5) is 11.8. The Balaban J connectivity index is 2.02. The number of carbonyl (C=O) groups is 1. The van der Waals surface area contributed by atoms with Gasteiger partial charge >= 0.3 is 12.2 Å². The summed E-state index contributed by atoms with van der Waals surface area (Å²) in [6.45, 7) is 3.48. The van der Waals surface area contributed by atoms with Crippen LogP contribution in [0.2, 0.25) is 0 Å². The quantitative estimate of drug-likeness (QED) is 0.826. The second-order valence-corrected chi connectivity index (χ2v) is 4.89. The lowest BCUT2D eigenvalue weighted by atomic mass is 10.1. The number of rotatable bonds is 6. The standard InChI is InChI=1S/C15H17F3N4O3/c1-3-12-21-22-13(25-12)8-19-14(23)20-9-5-6-11(24-4-2)10(7-9)15(16,17)18/h5-7H,3-4,8H2,1-2H3,(H2,19,20,23). The molecule has 0 radical (unpaired) electrons. The molecule has 25 heavy (non-hydrogen) atoms. The molecule has 0 spiro atoms. The SMILES string of the molecule is CCOc1ccc(NC(=O)NCc2nnc(CC)o2)cc1C(F)(F)F. The van der Waals surface area contributed by atoms with Crippen LogP contribution >= 0.6 is 0 Å². The lowest BCUT2D eigenvalue weighted by Gasteiger charge is -2.15. The van der Waals surface area contributed by atoms with Crippen LogP contribution < -0.4 is 15.4 Å². The van der Waals surface area contributed by atoms with Crippen molar-refractivity contribution >= 4 is 11.7 Å². The van der Waals surface area contributed by atoms with E-state index in [2.05, 4.69) is 20.8 Å². The van der Waals surface area contributed by atoms with Crippen molar-refractivity contribution in [3.63, 3.8) is 0 Å². The Labute approximate surface area is 141 Å². The molecule has 1 aromatic heterocycles. The van der Waals surface area contributed by atoms with Crippen molar-refractivity contribution in [3.8, 4) is 5.75 Å². The van der Waals surface area contributed by atoms with Gasteiger partial charge in [0.2, 0.25) is 11.8 Å². The van der Waals surface area contributed by atoms with E-state index in [0.29, 0.717) is 12.3 Å². The van der Waals surface area contributed by atoms with E-state index in [-0.39, 0.29) is 30.5 Å². The van der Waals surface area contributed by atoms with Gasteiger partial charge in [-0.3, -0.25) is 0 Å². The molecule has 0 atom stereocenters. The number of alkyl halides is 3. The highest BCUT2D eigenvalue weighted by Crippen LogP contribution is 2.37. The van der Waals surface area contributed by atoms with Crippen molar-refractivity contribution in [1.29, 1.82) is 0 Å². The van der Waals surface area contributed by atoms with Crippen LogP contribution in [0.1, 0.15) is 31.2 Å². The van der Waals surface area contributed by atoms with Gasteiger partial charge in [-0.25, -0.2) is 4.79 Å². The van der Waals surface area contributed by atoms with Crippen molar-refractivity contribution in [2.45, 2.75) is 33.0 Å². The number of urea groups is 1. The molecular formula is C15H17F3N4O3. The molecule has 0 aliphatic heterocycles. The summed E-state index contributed by atoms with van der Waals surface area (Å²) in [5.74, 6) is 0.340. The number of nitrogens with one attached hydrogen (secondary N) is 2. The fraction of sp³-hybridized carbons (Fsp3) is 0.400. The van der Waals surface area contributed by atoms with Gasteiger partial charge in [0.25, 0.3) is 0 Å². The van der Waals surface area contributed by atoms with Gasteiger partial charge < -0.3 is 19.8 Å². The van der Waals surface area contributed by atoms with Crippen LogP contribution in [-0.4, -0.2) is 22.8 Å². The molecule has 0 unspecified atom stereocenters. The molecule has 0 saturated carbocycles. The zero-order valence-corrected chi connectivity index (χ0v) is 13.6. The highest BCUT2D eigenvalue weighted by molar-refractivity contribution is 5.89. The zero-order chi connectivity index (χ0) is 18.4. The van der Waals surface area contributed by atoms with Gasteiger partial charge in [-0.1, -0.05) is 6.92 Å². The molecule has 2 N–H and O–H groups in total. The van der Waals surface area contributed by atoms with Crippen molar-refractivity contribution in [2.75, 3.05) is 11.9 Å². The van der Waals surface area contributed by atoms with Crippen molar-refractivity contribution in [2.24, 2.45) is 0 Å². The van der Waals surface area contributed by atoms with E-state index >= 15 is 0 Å². The van der Waals surface area contributed by atoms with Crippen molar-refractivity contribution in [3.05, 3.63) is 35.5 Å². The van der Waals surface area contributed by atoms with Gasteiger partial charge in [-0.05, 0) is 25.1 Å². The van der Waals surface area contributed by atoms with Gasteiger partial charge in [0, 0.05) is 12.1 Å². The third-order valence-corrected chi connectivity index (χ3v) is 3.05. The Bertz CT molecular complexity index is 731. The molecule has 2 amide bonds. The smallest absolute Gasteiger partial charge is 0.420 e. The average molecular weight is 358 g/mol. The Morgan fingerprint density at radius 1 is 1.24 bits per heavy atom. The lowest BCUT2D eigenvalue weighted by Crippen LogP contribution is -2.28. The molecule has 10 heteroatoms. The maximum Gasteiger partial charge on any atom is 0.420 e. The molecule has 0 bridgehead atoms. The summed E-state index contributed by atoms with van der Waals surface area (Å²) >= 11 is 0. The van der Waals surface area contributed by atoms with Crippen molar-refractivity contribution in [1.82, 2.24) is 15.5 Å². The Morgan fingerprint density at radius 3 is 2.56 bits per heavy atom. The molecule has 0 aliphatic carbocycles. The number of benzene rings is 1. The molecule has 7 nitrogen and oxygen atoms in total. The molecule has 0 saturated heterocycles. The molecule has 1 aromatic carbocycles. The number of carbonyl (C=O) groups excluding carboxylic acids is 1. The van der Waals surface area contributed by atoms with Crippen LogP contribution in [-0.2, 0) is 19.1 Å². The van der Waals surface area contributed by atoms with Crippen LogP contribution in [0, 0.1) is 0 Å². The van der Waals surface area contributed by atoms with Crippen LogP contribution in [0.4, 0.5) is 23.7 Å². The van der Waals surface area contributed by atoms with Crippen molar-refractivity contribution < 1.29 is 27.1 Å². The van der Waals surface area contributed by atoms with E-state index in [1.165, 1.54) is 6.07 Å². The first-order valence-corrected chi connectivity index (χ1v) is 7.53. The number of hydrogen-bond donors (Lipinski definition) is 2. The fourth-order valence-corrected chi connectivity index (χ4v) is 1.94. The number of hydrogen-bond acceptors (Lipinski definition) is 5. The predicted molar refractivity (Wildman–Crippen MR) is 82.1 cm³/mol. The van der Waals surface area contributed by atoms with E-state index in [1.807, 2.05) is 6.92 Å². The number of ether oxygens (including phenoxy) is 1. The molecule has 0 aliphatic rings. The van der Waals surface area contributed by atoms with Gasteiger partial charge in [-0.2, -0.15) is 13.2 Å². The van der Waals surface area contributed by atoms with E-state index < -0.39 is 17.8 Å². The summed E-state index contributed by atoms with van der Waals surface area (Å²) in [6, 6.07) is 2.59. The van der Waals surface area contributed by atoms with Gasteiger partial charge in [0.1, 0.15) is 5.75 Å². The highest BCUT2D eigenvalue weighted by atomic mass is 19.4. The minimum absolute atomic E-state index is 0.0203. The fourth-order valence-electron chi connectivity index (χ4n) is 1.94. The minimum atomic E-state index is -4.60. The topological polar surface area (TPSA) is 89.3 Å². The summed E-state index contributed by atoms with van der Waals surface area (Å²) in [5, 5.41) is 12.2. The maximum absolute atomic E-state index is 13.1. The van der Waals surface area contributed by atoms with Crippen LogP contribution in [0.3, 0.4) is 0 Å². The van der Waals surface area contributed by atoms with E-state index in [4.69, 9.17) is 9.15 Å². The first-order valence-electron chi connectivity index (χ1n) is 7.53. The largest absolute Gasteiger partial charge is 0.493 e. The van der Waals surface area contributed by atoms with Gasteiger partial charge in [-0.15, -0.1) is 10.2 Å². The van der Waals surface area contributed by atoms with Gasteiger partial charge in [0.15, 0.2) is 0 Å². The van der Waals surface area contributed by atoms with Crippen LogP contribution in [0.15, 0.2) is 22.6 Å². The molecule has 1 heterocycles. The Kier molecular flexibility index (Phi) is 5.84. The number of nitrogens with zero attached hydrogens (tertiary/aromatic N) is 2. The first kappa shape index (κ1) is 18.6. The molecule has 2 aromatic rings. The summed E-state index contributed by atoms with van der Waals surface area (Å²) in [5.41, 5.74) is -0.982. The van der Waals surface area contributed by atoms with Crippen LogP contribution in [0.5, 0.6) is 5.75 Å². The van der Waals surface area contributed by atoms with Gasteiger partial charge in [0.05, 0.1) is 18.7 Å². The number of halogens is 3. The first-order chi connectivity index (χ1) is 11.8. The molecule has 0 fully saturated rings. The molecule has 2 rings (SSSR count). The second-order valence-electron chi connectivity index (χ2n) is 4.89. The Hall–Kier alpha value is -2.78. The second kappa shape index (κ2) is 7.86. The number of aryl methyl sites for hydroxylation is 1. The van der Waals surface area contributed by atoms with E-state index in [1.54, 1.807) is 6.92 Å². The normalized spacial score (nSPS) is 11.2. The third-order valence-electron chi connectivity index (χ3n) is 3.05. The van der Waals surface area contributed by atoms with E-state index in [0.717, 1.165) is 12.1 Å². The highest BCUT2D eigenvalue weighted by Gasteiger charge is 2.34. The monoisotopic (exact) mass is 358 g/mol. The third kappa shape index (κ3) is 5.10. The summed E-state index contributed by atoms with van der Waals surface area (Å²) < 4.78 is 49.4. The Morgan fingerprint density at radius 2 is 1.96 bits per heavy atom.